The summed E-state index contributed by atoms with van der Waals surface area (Å²) in [5.41, 5.74) is 1.79. The topological polar surface area (TPSA) is 39.1 Å². The summed E-state index contributed by atoms with van der Waals surface area (Å²) in [6, 6.07) is 1.95. The van der Waals surface area contributed by atoms with E-state index < -0.39 is 5.92 Å². The van der Waals surface area contributed by atoms with Crippen molar-refractivity contribution in [3.63, 3.8) is 0 Å². The molecule has 2 rings (SSSR count). The van der Waals surface area contributed by atoms with E-state index in [1.165, 1.54) is 0 Å². The minimum atomic E-state index is -0.416. The largest absolute Gasteiger partial charge is 0.348 e. The second-order valence-electron chi connectivity index (χ2n) is 3.45. The number of ketones is 1. The SMILES string of the molecule is Cn1ccc2c1C(=O)C(C=O)CC2. The highest BCUT2D eigenvalue weighted by Gasteiger charge is 2.28. The van der Waals surface area contributed by atoms with Gasteiger partial charge in [-0.15, -0.1) is 0 Å². The lowest BCUT2D eigenvalue weighted by Gasteiger charge is -2.17. The molecule has 3 nitrogen and oxygen atoms in total. The van der Waals surface area contributed by atoms with E-state index in [9.17, 15) is 9.59 Å². The lowest BCUT2D eigenvalue weighted by molar-refractivity contribution is -0.110. The first-order chi connectivity index (χ1) is 6.24. The smallest absolute Gasteiger partial charge is 0.189 e. The predicted molar refractivity (Wildman–Crippen MR) is 47.6 cm³/mol. The number of carbonyl (C=O) groups is 2. The summed E-state index contributed by atoms with van der Waals surface area (Å²) in [6.45, 7) is 0. The Morgan fingerprint density at radius 3 is 3.08 bits per heavy atom. The van der Waals surface area contributed by atoms with E-state index in [4.69, 9.17) is 0 Å². The second kappa shape index (κ2) is 2.83. The maximum atomic E-state index is 11.7. The number of fused-ring (bicyclic) bond motifs is 1. The molecule has 0 bridgehead atoms. The van der Waals surface area contributed by atoms with Crippen molar-refractivity contribution in [3.05, 3.63) is 23.5 Å². The minimum Gasteiger partial charge on any atom is -0.348 e. The van der Waals surface area contributed by atoms with Crippen molar-refractivity contribution < 1.29 is 9.59 Å². The number of aromatic nitrogens is 1. The number of aldehydes is 1. The lowest BCUT2D eigenvalue weighted by atomic mass is 9.88. The summed E-state index contributed by atoms with van der Waals surface area (Å²) in [4.78, 5) is 22.3. The van der Waals surface area contributed by atoms with Crippen molar-refractivity contribution in [2.24, 2.45) is 13.0 Å². The standard InChI is InChI=1S/C10H11NO2/c1-11-5-4-7-2-3-8(6-12)10(13)9(7)11/h4-6,8H,2-3H2,1H3. The molecule has 0 fully saturated rings. The summed E-state index contributed by atoms with van der Waals surface area (Å²) in [7, 11) is 1.84. The third kappa shape index (κ3) is 1.11. The van der Waals surface area contributed by atoms with E-state index in [0.717, 1.165) is 18.3 Å². The second-order valence-corrected chi connectivity index (χ2v) is 3.45. The lowest BCUT2D eigenvalue weighted by Crippen LogP contribution is -2.25. The van der Waals surface area contributed by atoms with Crippen molar-refractivity contribution in [1.29, 1.82) is 0 Å². The Morgan fingerprint density at radius 2 is 2.38 bits per heavy atom. The molecule has 1 aromatic rings. The Kier molecular flexibility index (Phi) is 1.79. The number of aryl methyl sites for hydroxylation is 2. The van der Waals surface area contributed by atoms with Gasteiger partial charge in [-0.05, 0) is 24.5 Å². The van der Waals surface area contributed by atoms with Crippen LogP contribution in [0.15, 0.2) is 12.3 Å². The Hall–Kier alpha value is -1.38. The number of rotatable bonds is 1. The van der Waals surface area contributed by atoms with Gasteiger partial charge in [-0.2, -0.15) is 0 Å². The highest BCUT2D eigenvalue weighted by molar-refractivity contribution is 6.06. The summed E-state index contributed by atoms with van der Waals surface area (Å²) >= 11 is 0. The Balaban J connectivity index is 2.48. The summed E-state index contributed by atoms with van der Waals surface area (Å²) in [5.74, 6) is -0.440. The molecular formula is C10H11NO2. The van der Waals surface area contributed by atoms with Crippen LogP contribution in [0.1, 0.15) is 22.5 Å². The summed E-state index contributed by atoms with van der Waals surface area (Å²) in [6.07, 6.45) is 4.14. The molecule has 3 heteroatoms. The van der Waals surface area contributed by atoms with Gasteiger partial charge in [0.2, 0.25) is 0 Å². The molecule has 0 saturated carbocycles. The van der Waals surface area contributed by atoms with Crippen LogP contribution in [0.25, 0.3) is 0 Å². The summed E-state index contributed by atoms with van der Waals surface area (Å²) in [5, 5.41) is 0. The molecule has 0 spiro atoms. The van der Waals surface area contributed by atoms with Gasteiger partial charge in [-0.25, -0.2) is 0 Å². The normalized spacial score (nSPS) is 21.3. The Bertz CT molecular complexity index is 365. The average molecular weight is 177 g/mol. The van der Waals surface area contributed by atoms with E-state index in [1.54, 1.807) is 4.57 Å². The zero-order valence-electron chi connectivity index (χ0n) is 7.49. The number of hydrogen-bond donors (Lipinski definition) is 0. The van der Waals surface area contributed by atoms with Gasteiger partial charge in [-0.1, -0.05) is 0 Å². The van der Waals surface area contributed by atoms with Gasteiger partial charge in [0, 0.05) is 13.2 Å². The third-order valence-electron chi connectivity index (χ3n) is 2.62. The van der Waals surface area contributed by atoms with Crippen LogP contribution < -0.4 is 0 Å². The van der Waals surface area contributed by atoms with E-state index in [0.29, 0.717) is 12.1 Å². The van der Waals surface area contributed by atoms with Crippen LogP contribution in [0.5, 0.6) is 0 Å². The van der Waals surface area contributed by atoms with Gasteiger partial charge in [-0.3, -0.25) is 4.79 Å². The molecule has 1 aliphatic carbocycles. The quantitative estimate of drug-likeness (QED) is 0.473. The molecule has 1 heterocycles. The van der Waals surface area contributed by atoms with Gasteiger partial charge in [0.1, 0.15) is 6.29 Å². The Morgan fingerprint density at radius 1 is 1.62 bits per heavy atom. The van der Waals surface area contributed by atoms with Gasteiger partial charge in [0.05, 0.1) is 11.6 Å². The monoisotopic (exact) mass is 177 g/mol. The fourth-order valence-corrected chi connectivity index (χ4v) is 1.86. The molecule has 68 valence electrons. The van der Waals surface area contributed by atoms with Crippen molar-refractivity contribution >= 4 is 12.1 Å². The number of carbonyl (C=O) groups excluding carboxylic acids is 2. The van der Waals surface area contributed by atoms with Crippen LogP contribution in [0.2, 0.25) is 0 Å². The van der Waals surface area contributed by atoms with E-state index >= 15 is 0 Å². The average Bonchev–Trinajstić information content (AvgIpc) is 2.49. The predicted octanol–water partition coefficient (Wildman–Crippen LogP) is 0.969. The van der Waals surface area contributed by atoms with Crippen LogP contribution >= 0.6 is 0 Å². The maximum absolute atomic E-state index is 11.7. The first kappa shape index (κ1) is 8.23. The highest BCUT2D eigenvalue weighted by Crippen LogP contribution is 2.24. The van der Waals surface area contributed by atoms with Crippen LogP contribution in [-0.2, 0) is 18.3 Å². The molecule has 0 amide bonds. The third-order valence-corrected chi connectivity index (χ3v) is 2.62. The van der Waals surface area contributed by atoms with E-state index in [1.807, 2.05) is 19.3 Å². The van der Waals surface area contributed by atoms with Crippen molar-refractivity contribution in [1.82, 2.24) is 4.57 Å². The fraction of sp³-hybridized carbons (Fsp3) is 0.400. The van der Waals surface area contributed by atoms with Crippen LogP contribution in [-0.4, -0.2) is 16.6 Å². The van der Waals surface area contributed by atoms with Crippen LogP contribution in [0.3, 0.4) is 0 Å². The molecular weight excluding hydrogens is 166 g/mol. The van der Waals surface area contributed by atoms with Gasteiger partial charge in [0.15, 0.2) is 5.78 Å². The molecule has 1 unspecified atom stereocenters. The Labute approximate surface area is 76.4 Å². The van der Waals surface area contributed by atoms with Crippen LogP contribution in [0, 0.1) is 5.92 Å². The summed E-state index contributed by atoms with van der Waals surface area (Å²) < 4.78 is 1.80. The molecule has 1 aromatic heterocycles. The molecule has 1 aliphatic rings. The molecule has 0 aromatic carbocycles. The zero-order valence-corrected chi connectivity index (χ0v) is 7.49. The van der Waals surface area contributed by atoms with Gasteiger partial charge >= 0.3 is 0 Å². The number of hydrogen-bond acceptors (Lipinski definition) is 2. The van der Waals surface area contributed by atoms with Crippen LogP contribution in [0.4, 0.5) is 0 Å². The van der Waals surface area contributed by atoms with Crippen molar-refractivity contribution in [2.45, 2.75) is 12.8 Å². The van der Waals surface area contributed by atoms with Gasteiger partial charge in [0.25, 0.3) is 0 Å². The molecule has 13 heavy (non-hydrogen) atoms. The molecule has 1 atom stereocenters. The minimum absolute atomic E-state index is 0.0243. The molecule has 0 aliphatic heterocycles. The zero-order chi connectivity index (χ0) is 9.42. The first-order valence-electron chi connectivity index (χ1n) is 4.37. The van der Waals surface area contributed by atoms with E-state index in [2.05, 4.69) is 0 Å². The number of Topliss-reactive ketones (excluding diaryl/α,β-unsaturated/α-hetero) is 1. The molecule has 0 saturated heterocycles. The maximum Gasteiger partial charge on any atom is 0.189 e. The van der Waals surface area contributed by atoms with Crippen molar-refractivity contribution in [3.8, 4) is 0 Å². The fourth-order valence-electron chi connectivity index (χ4n) is 1.86. The molecule has 0 N–H and O–H groups in total. The highest BCUT2D eigenvalue weighted by atomic mass is 16.1. The number of nitrogens with zero attached hydrogens (tertiary/aromatic N) is 1. The molecule has 0 radical (unpaired) electrons. The van der Waals surface area contributed by atoms with Gasteiger partial charge < -0.3 is 9.36 Å². The van der Waals surface area contributed by atoms with Crippen molar-refractivity contribution in [2.75, 3.05) is 0 Å². The van der Waals surface area contributed by atoms with E-state index in [-0.39, 0.29) is 5.78 Å². The first-order valence-corrected chi connectivity index (χ1v) is 4.37.